The van der Waals surface area contributed by atoms with Crippen molar-refractivity contribution in [2.45, 2.75) is 50.4 Å². The van der Waals surface area contributed by atoms with Crippen LogP contribution in [0.4, 0.5) is 14.5 Å². The second-order valence-electron chi connectivity index (χ2n) is 10.7. The molecule has 0 spiro atoms. The molecule has 3 heterocycles. The molecule has 8 heteroatoms. The summed E-state index contributed by atoms with van der Waals surface area (Å²) in [7, 11) is 0. The molecule has 5 nitrogen and oxygen atoms in total. The molecule has 0 aromatic heterocycles. The fourth-order valence-corrected chi connectivity index (χ4v) is 6.97. The molecule has 3 aliphatic heterocycles. The maximum absolute atomic E-state index is 16.5. The topological polar surface area (TPSA) is 70.6 Å². The van der Waals surface area contributed by atoms with Gasteiger partial charge in [0.2, 0.25) is 0 Å². The van der Waals surface area contributed by atoms with Crippen molar-refractivity contribution in [3.8, 4) is 16.9 Å². The first-order valence-electron chi connectivity index (χ1n) is 12.7. The molecule has 3 aromatic carbocycles. The van der Waals surface area contributed by atoms with E-state index >= 15 is 8.78 Å². The van der Waals surface area contributed by atoms with Crippen molar-refractivity contribution >= 4 is 23.2 Å². The lowest BCUT2D eigenvalue weighted by molar-refractivity contribution is 0.0539. The van der Waals surface area contributed by atoms with Gasteiger partial charge in [-0.3, -0.25) is 4.79 Å². The molecule has 1 amide bonds. The van der Waals surface area contributed by atoms with E-state index in [-0.39, 0.29) is 33.7 Å². The highest BCUT2D eigenvalue weighted by atomic mass is 35.5. The summed E-state index contributed by atoms with van der Waals surface area (Å²) in [6.45, 7) is 2.66. The minimum atomic E-state index is -0.901. The summed E-state index contributed by atoms with van der Waals surface area (Å²) in [5.74, 6) is -1.86. The van der Waals surface area contributed by atoms with E-state index in [1.807, 2.05) is 25.1 Å². The van der Waals surface area contributed by atoms with Gasteiger partial charge in [-0.05, 0) is 66.6 Å². The molecule has 3 aromatic rings. The Morgan fingerprint density at radius 1 is 1.16 bits per heavy atom. The van der Waals surface area contributed by atoms with Crippen LogP contribution in [-0.2, 0) is 18.4 Å². The monoisotopic (exact) mass is 522 g/mol. The molecule has 4 atom stereocenters. The molecule has 1 saturated heterocycles. The molecule has 1 fully saturated rings. The first-order valence-corrected chi connectivity index (χ1v) is 13.0. The van der Waals surface area contributed by atoms with Crippen LogP contribution in [0.15, 0.2) is 36.4 Å². The quantitative estimate of drug-likeness (QED) is 0.386. The van der Waals surface area contributed by atoms with Gasteiger partial charge in [0.1, 0.15) is 17.4 Å². The molecule has 190 valence electrons. The SMILES string of the molecule is C[C@H]1Cc2c(cc3c(c2F)-c2c(Cl)c(F)cc4c2C[C@]([C@@H]2CCCN2)(O4)c2cccc(c2)NC3=O)[C@H]1O. The number of aliphatic hydroxyl groups excluding tert-OH is 1. The van der Waals surface area contributed by atoms with E-state index in [2.05, 4.69) is 10.6 Å². The van der Waals surface area contributed by atoms with E-state index in [9.17, 15) is 9.90 Å². The largest absolute Gasteiger partial charge is 0.480 e. The summed E-state index contributed by atoms with van der Waals surface area (Å²) in [5.41, 5.74) is 1.88. The number of benzene rings is 3. The molecule has 4 aliphatic rings. The summed E-state index contributed by atoms with van der Waals surface area (Å²) in [4.78, 5) is 13.7. The Kier molecular flexibility index (Phi) is 5.00. The van der Waals surface area contributed by atoms with Crippen LogP contribution in [0.25, 0.3) is 11.1 Å². The Labute approximate surface area is 217 Å². The van der Waals surface area contributed by atoms with Crippen molar-refractivity contribution in [2.24, 2.45) is 5.92 Å². The number of hydrogen-bond donors (Lipinski definition) is 3. The maximum Gasteiger partial charge on any atom is 0.256 e. The second-order valence-corrected chi connectivity index (χ2v) is 11.1. The van der Waals surface area contributed by atoms with Crippen molar-refractivity contribution < 1.29 is 23.4 Å². The van der Waals surface area contributed by atoms with Crippen molar-refractivity contribution in [3.63, 3.8) is 0 Å². The zero-order valence-electron chi connectivity index (χ0n) is 20.1. The lowest BCUT2D eigenvalue weighted by atomic mass is 9.80. The van der Waals surface area contributed by atoms with E-state index in [0.717, 1.165) is 24.9 Å². The molecule has 7 rings (SSSR count). The average molecular weight is 523 g/mol. The Bertz CT molecular complexity index is 1500. The fourth-order valence-electron chi connectivity index (χ4n) is 6.71. The third-order valence-corrected chi connectivity index (χ3v) is 8.90. The predicted molar refractivity (Wildman–Crippen MR) is 136 cm³/mol. The highest BCUT2D eigenvalue weighted by molar-refractivity contribution is 6.34. The van der Waals surface area contributed by atoms with E-state index in [1.165, 1.54) is 12.1 Å². The first kappa shape index (κ1) is 23.1. The van der Waals surface area contributed by atoms with Gasteiger partial charge in [-0.2, -0.15) is 0 Å². The number of carbonyl (C=O) groups is 1. The minimum absolute atomic E-state index is 0.00268. The van der Waals surface area contributed by atoms with E-state index < -0.39 is 29.2 Å². The van der Waals surface area contributed by atoms with Crippen molar-refractivity contribution in [1.29, 1.82) is 0 Å². The Morgan fingerprint density at radius 2 is 2.00 bits per heavy atom. The number of halogens is 3. The van der Waals surface area contributed by atoms with Crippen molar-refractivity contribution in [3.05, 3.63) is 80.9 Å². The van der Waals surface area contributed by atoms with Crippen LogP contribution in [0.5, 0.6) is 5.75 Å². The average Bonchev–Trinajstić information content (AvgIpc) is 3.60. The summed E-state index contributed by atoms with van der Waals surface area (Å²) in [5, 5.41) is 16.9. The van der Waals surface area contributed by atoms with Crippen molar-refractivity contribution in [2.75, 3.05) is 11.9 Å². The lowest BCUT2D eigenvalue weighted by Crippen LogP contribution is -2.49. The minimum Gasteiger partial charge on any atom is -0.480 e. The highest BCUT2D eigenvalue weighted by Crippen LogP contribution is 2.53. The summed E-state index contributed by atoms with van der Waals surface area (Å²) >= 11 is 6.60. The molecule has 4 bridgehead atoms. The zero-order chi connectivity index (χ0) is 25.6. The van der Waals surface area contributed by atoms with Gasteiger partial charge in [0.25, 0.3) is 5.91 Å². The van der Waals surface area contributed by atoms with Gasteiger partial charge in [-0.1, -0.05) is 30.7 Å². The number of ether oxygens (including phenoxy) is 1. The summed E-state index contributed by atoms with van der Waals surface area (Å²) in [6, 6.07) is 10.2. The van der Waals surface area contributed by atoms with Crippen molar-refractivity contribution in [1.82, 2.24) is 5.32 Å². The van der Waals surface area contributed by atoms with Crippen LogP contribution in [0.1, 0.15) is 58.5 Å². The molecular formula is C29H25ClF2N2O3. The Hall–Kier alpha value is -3.00. The van der Waals surface area contributed by atoms with Crippen LogP contribution >= 0.6 is 11.6 Å². The predicted octanol–water partition coefficient (Wildman–Crippen LogP) is 5.66. The molecule has 37 heavy (non-hydrogen) atoms. The zero-order valence-corrected chi connectivity index (χ0v) is 20.9. The highest BCUT2D eigenvalue weighted by Gasteiger charge is 2.50. The Balaban J connectivity index is 1.58. The van der Waals surface area contributed by atoms with Gasteiger partial charge < -0.3 is 20.5 Å². The second kappa shape index (κ2) is 8.00. The van der Waals surface area contributed by atoms with Gasteiger partial charge in [-0.15, -0.1) is 0 Å². The van der Waals surface area contributed by atoms with E-state index in [0.29, 0.717) is 41.0 Å². The number of hydrogen-bond acceptors (Lipinski definition) is 4. The number of fused-ring (bicyclic) bond motifs is 7. The van der Waals surface area contributed by atoms with Gasteiger partial charge in [-0.25, -0.2) is 8.78 Å². The van der Waals surface area contributed by atoms with E-state index in [4.69, 9.17) is 16.3 Å². The first-order chi connectivity index (χ1) is 17.8. The summed E-state index contributed by atoms with van der Waals surface area (Å²) < 4.78 is 38.4. The van der Waals surface area contributed by atoms with Crippen LogP contribution < -0.4 is 15.4 Å². The fraction of sp³-hybridized carbons (Fsp3) is 0.345. The summed E-state index contributed by atoms with van der Waals surface area (Å²) in [6.07, 6.45) is 1.56. The molecule has 0 radical (unpaired) electrons. The number of aliphatic hydroxyl groups is 1. The van der Waals surface area contributed by atoms with Crippen LogP contribution in [0, 0.1) is 17.6 Å². The normalized spacial score (nSPS) is 27.3. The Morgan fingerprint density at radius 3 is 2.78 bits per heavy atom. The molecular weight excluding hydrogens is 498 g/mol. The smallest absolute Gasteiger partial charge is 0.256 e. The number of carbonyl (C=O) groups excluding carboxylic acids is 1. The number of nitrogens with one attached hydrogen (secondary N) is 2. The molecule has 0 saturated carbocycles. The van der Waals surface area contributed by atoms with Crippen LogP contribution in [0.2, 0.25) is 5.02 Å². The number of amides is 1. The van der Waals surface area contributed by atoms with E-state index in [1.54, 1.807) is 6.07 Å². The van der Waals surface area contributed by atoms with Gasteiger partial charge in [0.05, 0.1) is 22.7 Å². The number of rotatable bonds is 1. The standard InChI is InChI=1S/C29H25ClF2N2O3/c1-13-8-16-17(27(13)35)10-18-24(26(16)32)23-19-12-29(22-6-3-7-33-22,37-21(19)11-20(31)25(23)30)14-4-2-5-15(9-14)34-28(18)36/h2,4-5,9-11,13,22,27,33,35H,3,6-8,12H2,1H3,(H,34,36)/t13-,22-,27-,29-/m0/s1. The lowest BCUT2D eigenvalue weighted by Gasteiger charge is -2.35. The maximum atomic E-state index is 16.5. The van der Waals surface area contributed by atoms with Crippen LogP contribution in [-0.4, -0.2) is 23.6 Å². The van der Waals surface area contributed by atoms with Gasteiger partial charge >= 0.3 is 0 Å². The van der Waals surface area contributed by atoms with Gasteiger partial charge in [0, 0.05) is 34.9 Å². The number of anilines is 1. The molecule has 0 unspecified atom stereocenters. The molecule has 3 N–H and O–H groups in total. The third-order valence-electron chi connectivity index (χ3n) is 8.53. The van der Waals surface area contributed by atoms with Crippen LogP contribution in [0.3, 0.4) is 0 Å². The third kappa shape index (κ3) is 3.17. The van der Waals surface area contributed by atoms with Gasteiger partial charge in [0.15, 0.2) is 5.60 Å². The molecule has 1 aliphatic carbocycles.